The van der Waals surface area contributed by atoms with Crippen molar-refractivity contribution in [3.8, 4) is 0 Å². The lowest BCUT2D eigenvalue weighted by Crippen LogP contribution is -2.47. The number of nitrogens with one attached hydrogen (secondary N) is 2. The van der Waals surface area contributed by atoms with E-state index in [-0.39, 0.29) is 36.4 Å². The Hall–Kier alpha value is -3.51. The van der Waals surface area contributed by atoms with E-state index in [4.69, 9.17) is 14.6 Å². The zero-order valence-corrected chi connectivity index (χ0v) is 23.9. The van der Waals surface area contributed by atoms with Gasteiger partial charge in [-0.3, -0.25) is 9.59 Å². The SMILES string of the molecule is Cc1nonc1C(=O)NC(c1nc2nc(C3CC(F)(F)CCN3C(=O)C3CC4(F)CC3C4)ccc2[nH]1)C(C1CC1)C1CC1. The van der Waals surface area contributed by atoms with Crippen molar-refractivity contribution in [2.75, 3.05) is 6.54 Å². The number of hydrogen-bond acceptors (Lipinski definition) is 7. The molecule has 2 bridgehead atoms. The van der Waals surface area contributed by atoms with Gasteiger partial charge in [0.25, 0.3) is 11.8 Å². The molecule has 43 heavy (non-hydrogen) atoms. The summed E-state index contributed by atoms with van der Waals surface area (Å²) < 4.78 is 48.9. The number of aromatic amines is 1. The number of halogens is 3. The van der Waals surface area contributed by atoms with Crippen molar-refractivity contribution < 1.29 is 27.4 Å². The van der Waals surface area contributed by atoms with Crippen molar-refractivity contribution in [1.29, 1.82) is 0 Å². The highest BCUT2D eigenvalue weighted by Gasteiger charge is 2.60. The fourth-order valence-corrected chi connectivity index (χ4v) is 8.00. The van der Waals surface area contributed by atoms with E-state index in [0.717, 1.165) is 25.7 Å². The molecule has 228 valence electrons. The number of likely N-dealkylation sites (tertiary alicyclic amines) is 1. The van der Waals surface area contributed by atoms with Gasteiger partial charge in [0.15, 0.2) is 11.3 Å². The summed E-state index contributed by atoms with van der Waals surface area (Å²) in [5.41, 5.74) is 0.512. The number of aryl methyl sites for hydroxylation is 1. The van der Waals surface area contributed by atoms with Gasteiger partial charge in [-0.15, -0.1) is 0 Å². The van der Waals surface area contributed by atoms with Crippen molar-refractivity contribution in [3.63, 3.8) is 0 Å². The maximum atomic E-state index is 14.7. The van der Waals surface area contributed by atoms with Crippen LogP contribution in [-0.2, 0) is 4.79 Å². The van der Waals surface area contributed by atoms with Crippen LogP contribution in [0.15, 0.2) is 16.8 Å². The van der Waals surface area contributed by atoms with Crippen LogP contribution in [0, 0.1) is 36.5 Å². The van der Waals surface area contributed by atoms with Gasteiger partial charge >= 0.3 is 0 Å². The molecule has 1 aliphatic heterocycles. The summed E-state index contributed by atoms with van der Waals surface area (Å²) in [6.07, 6.45) is 4.33. The summed E-state index contributed by atoms with van der Waals surface area (Å²) in [5, 5.41) is 10.6. The van der Waals surface area contributed by atoms with Crippen LogP contribution in [0.2, 0.25) is 0 Å². The Balaban J connectivity index is 1.11. The first-order valence-electron chi connectivity index (χ1n) is 15.4. The molecule has 13 heteroatoms. The second kappa shape index (κ2) is 9.49. The van der Waals surface area contributed by atoms with E-state index in [1.165, 1.54) is 4.90 Å². The first-order valence-corrected chi connectivity index (χ1v) is 15.4. The molecule has 3 aromatic heterocycles. The average Bonchev–Trinajstić information content (AvgIpc) is 3.82. The summed E-state index contributed by atoms with van der Waals surface area (Å²) in [5.74, 6) is -2.39. The van der Waals surface area contributed by atoms with Crippen LogP contribution in [-0.4, -0.2) is 60.1 Å². The van der Waals surface area contributed by atoms with Crippen LogP contribution in [0.1, 0.15) is 97.6 Å². The molecule has 3 aromatic rings. The molecule has 1 saturated heterocycles. The van der Waals surface area contributed by atoms with E-state index in [1.54, 1.807) is 19.1 Å². The Morgan fingerprint density at radius 3 is 2.42 bits per heavy atom. The van der Waals surface area contributed by atoms with Gasteiger partial charge in [0.2, 0.25) is 5.91 Å². The minimum absolute atomic E-state index is 0.0141. The zero-order chi connectivity index (χ0) is 29.7. The number of rotatable bonds is 8. The predicted molar refractivity (Wildman–Crippen MR) is 145 cm³/mol. The maximum absolute atomic E-state index is 14.7. The quantitative estimate of drug-likeness (QED) is 0.374. The highest BCUT2D eigenvalue weighted by atomic mass is 19.3. The minimum atomic E-state index is -2.95. The number of pyridine rings is 1. The molecule has 2 amide bonds. The Labute approximate surface area is 245 Å². The summed E-state index contributed by atoms with van der Waals surface area (Å²) >= 11 is 0. The molecule has 5 aliphatic carbocycles. The first kappa shape index (κ1) is 27.1. The number of carbonyl (C=O) groups excluding carboxylic acids is 2. The van der Waals surface area contributed by atoms with Gasteiger partial charge in [0.05, 0.1) is 23.3 Å². The van der Waals surface area contributed by atoms with Gasteiger partial charge in [-0.1, -0.05) is 5.16 Å². The molecule has 6 fully saturated rings. The van der Waals surface area contributed by atoms with Gasteiger partial charge in [0, 0.05) is 25.3 Å². The normalized spacial score (nSPS) is 30.4. The lowest BCUT2D eigenvalue weighted by molar-refractivity contribution is -0.148. The number of carbonyl (C=O) groups is 2. The van der Waals surface area contributed by atoms with E-state index in [9.17, 15) is 22.8 Å². The third kappa shape index (κ3) is 4.79. The summed E-state index contributed by atoms with van der Waals surface area (Å²) in [6.45, 7) is 1.56. The molecule has 0 spiro atoms. The number of piperidine rings is 1. The van der Waals surface area contributed by atoms with E-state index in [1.807, 2.05) is 0 Å². The summed E-state index contributed by atoms with van der Waals surface area (Å²) in [6, 6.07) is 2.05. The van der Waals surface area contributed by atoms with Crippen molar-refractivity contribution in [1.82, 2.24) is 35.5 Å². The average molecular weight is 598 g/mol. The number of nitrogens with zero attached hydrogens (tertiary/aromatic N) is 5. The molecule has 9 rings (SSSR count). The predicted octanol–water partition coefficient (Wildman–Crippen LogP) is 4.99. The third-order valence-corrected chi connectivity index (χ3v) is 10.5. The molecule has 3 atom stereocenters. The van der Waals surface area contributed by atoms with Crippen LogP contribution in [0.3, 0.4) is 0 Å². The molecule has 0 radical (unpaired) electrons. The summed E-state index contributed by atoms with van der Waals surface area (Å²) in [7, 11) is 0. The van der Waals surface area contributed by atoms with Gasteiger partial charge < -0.3 is 15.2 Å². The van der Waals surface area contributed by atoms with Gasteiger partial charge in [-0.05, 0) is 92.8 Å². The Bertz CT molecular complexity index is 1580. The lowest BCUT2D eigenvalue weighted by Gasteiger charge is -2.40. The van der Waals surface area contributed by atoms with Crippen molar-refractivity contribution in [3.05, 3.63) is 35.0 Å². The second-order valence-electron chi connectivity index (χ2n) is 13.6. The van der Waals surface area contributed by atoms with Crippen LogP contribution in [0.4, 0.5) is 13.2 Å². The number of hydrogen-bond donors (Lipinski definition) is 2. The Morgan fingerprint density at radius 1 is 1.05 bits per heavy atom. The van der Waals surface area contributed by atoms with Crippen LogP contribution < -0.4 is 5.32 Å². The van der Waals surface area contributed by atoms with Gasteiger partial charge in [0.1, 0.15) is 17.2 Å². The number of aromatic nitrogens is 5. The highest BCUT2D eigenvalue weighted by Crippen LogP contribution is 2.59. The molecule has 6 aliphatic rings. The fourth-order valence-electron chi connectivity index (χ4n) is 8.00. The molecule has 4 heterocycles. The molecule has 5 saturated carbocycles. The highest BCUT2D eigenvalue weighted by molar-refractivity contribution is 5.93. The van der Waals surface area contributed by atoms with E-state index in [2.05, 4.69) is 20.6 Å². The van der Waals surface area contributed by atoms with Crippen LogP contribution in [0.25, 0.3) is 11.2 Å². The molecular formula is C30H34F3N7O3. The Kier molecular flexibility index (Phi) is 5.98. The smallest absolute Gasteiger partial charge is 0.276 e. The lowest BCUT2D eigenvalue weighted by atomic mass is 9.80. The number of imidazole rings is 1. The topological polar surface area (TPSA) is 130 Å². The largest absolute Gasteiger partial charge is 0.340 e. The first-order chi connectivity index (χ1) is 20.6. The number of fused-ring (bicyclic) bond motifs is 2. The molecular weight excluding hydrogens is 563 g/mol. The fraction of sp³-hybridized carbons (Fsp3) is 0.667. The number of alkyl halides is 3. The molecule has 3 unspecified atom stereocenters. The second-order valence-corrected chi connectivity index (χ2v) is 13.6. The third-order valence-electron chi connectivity index (χ3n) is 10.5. The van der Waals surface area contributed by atoms with Gasteiger partial charge in [-0.2, -0.15) is 0 Å². The Morgan fingerprint density at radius 2 is 1.79 bits per heavy atom. The monoisotopic (exact) mass is 597 g/mol. The van der Waals surface area contributed by atoms with E-state index < -0.39 is 48.3 Å². The number of amides is 2. The van der Waals surface area contributed by atoms with Crippen LogP contribution >= 0.6 is 0 Å². The van der Waals surface area contributed by atoms with E-state index >= 15 is 0 Å². The van der Waals surface area contributed by atoms with Crippen molar-refractivity contribution >= 4 is 23.0 Å². The molecule has 2 N–H and O–H groups in total. The summed E-state index contributed by atoms with van der Waals surface area (Å²) in [4.78, 5) is 41.1. The van der Waals surface area contributed by atoms with E-state index in [0.29, 0.717) is 53.1 Å². The van der Waals surface area contributed by atoms with Crippen molar-refractivity contribution in [2.24, 2.45) is 29.6 Å². The molecule has 10 nitrogen and oxygen atoms in total. The maximum Gasteiger partial charge on any atom is 0.276 e. The number of H-pyrrole nitrogens is 1. The molecule has 0 aromatic carbocycles. The van der Waals surface area contributed by atoms with Crippen molar-refractivity contribution in [2.45, 2.75) is 88.4 Å². The zero-order valence-electron chi connectivity index (χ0n) is 23.9. The standard InChI is InChI=1S/C30H34F3N7O3/c1-14-23(39-43-38-14)27(41)36-24(22(15-2-3-15)16-4-5-16)26-35-20-7-6-19(34-25(20)37-26)21-13-30(32,33)8-9-40(21)28(42)18-12-29(31)10-17(18)11-29/h6-7,15-18,21-22,24H,2-5,8-13H2,1H3,(H,36,41)(H,34,35,37). The van der Waals surface area contributed by atoms with Crippen LogP contribution in [0.5, 0.6) is 0 Å². The minimum Gasteiger partial charge on any atom is -0.340 e. The van der Waals surface area contributed by atoms with Gasteiger partial charge in [-0.25, -0.2) is 27.8 Å².